The Balaban J connectivity index is 2.44. The minimum atomic E-state index is -3.97. The molecular formula is C12H12Cl3NO3S. The van der Waals surface area contributed by atoms with Gasteiger partial charge in [-0.25, -0.2) is 8.42 Å². The van der Waals surface area contributed by atoms with Crippen molar-refractivity contribution in [2.75, 3.05) is 13.1 Å². The van der Waals surface area contributed by atoms with Gasteiger partial charge in [0.15, 0.2) is 0 Å². The van der Waals surface area contributed by atoms with E-state index in [2.05, 4.69) is 0 Å². The van der Waals surface area contributed by atoms with Gasteiger partial charge in [-0.05, 0) is 31.4 Å². The summed E-state index contributed by atoms with van der Waals surface area (Å²) in [5.74, 6) is -0.321. The van der Waals surface area contributed by atoms with Crippen LogP contribution in [0.1, 0.15) is 29.6 Å². The predicted octanol–water partition coefficient (Wildman–Crippen LogP) is 3.55. The van der Waals surface area contributed by atoms with Crippen molar-refractivity contribution >= 4 is 48.8 Å². The second-order valence-corrected chi connectivity index (χ2v) is 7.91. The summed E-state index contributed by atoms with van der Waals surface area (Å²) in [5, 5.41) is 0.0417. The average Bonchev–Trinajstić information content (AvgIpc) is 2.40. The molecule has 0 aromatic heterocycles. The third-order valence-corrected chi connectivity index (χ3v) is 5.29. The Morgan fingerprint density at radius 1 is 1.10 bits per heavy atom. The highest BCUT2D eigenvalue weighted by Gasteiger charge is 2.24. The van der Waals surface area contributed by atoms with E-state index in [4.69, 9.17) is 33.9 Å². The Kier molecular flexibility index (Phi) is 4.84. The second-order valence-electron chi connectivity index (χ2n) is 4.56. The van der Waals surface area contributed by atoms with Gasteiger partial charge in [-0.3, -0.25) is 4.79 Å². The molecule has 1 saturated heterocycles. The van der Waals surface area contributed by atoms with Crippen molar-refractivity contribution in [2.24, 2.45) is 0 Å². The first kappa shape index (κ1) is 15.9. The maximum atomic E-state index is 12.4. The summed E-state index contributed by atoms with van der Waals surface area (Å²) in [6, 6.07) is 2.31. The lowest BCUT2D eigenvalue weighted by Gasteiger charge is -2.27. The van der Waals surface area contributed by atoms with Crippen LogP contribution in [0.4, 0.5) is 0 Å². The molecule has 1 aliphatic heterocycles. The van der Waals surface area contributed by atoms with E-state index in [1.807, 2.05) is 0 Å². The Labute approximate surface area is 132 Å². The lowest BCUT2D eigenvalue weighted by molar-refractivity contribution is 0.0724. The van der Waals surface area contributed by atoms with Gasteiger partial charge < -0.3 is 4.90 Å². The molecule has 1 aromatic rings. The van der Waals surface area contributed by atoms with Crippen LogP contribution in [0.3, 0.4) is 0 Å². The molecule has 1 amide bonds. The highest BCUT2D eigenvalue weighted by molar-refractivity contribution is 8.13. The lowest BCUT2D eigenvalue weighted by atomic mass is 10.1. The fraction of sp³-hybridized carbons (Fsp3) is 0.417. The van der Waals surface area contributed by atoms with Gasteiger partial charge >= 0.3 is 0 Å². The zero-order valence-corrected chi connectivity index (χ0v) is 13.5. The molecule has 0 N–H and O–H groups in total. The number of benzene rings is 1. The fourth-order valence-corrected chi connectivity index (χ4v) is 3.39. The van der Waals surface area contributed by atoms with Crippen LogP contribution >= 0.6 is 33.9 Å². The van der Waals surface area contributed by atoms with Gasteiger partial charge in [0.2, 0.25) is 0 Å². The number of likely N-dealkylation sites (tertiary alicyclic amines) is 1. The zero-order chi connectivity index (χ0) is 14.9. The summed E-state index contributed by atoms with van der Waals surface area (Å²) in [5.41, 5.74) is 0.0697. The number of hydrogen-bond acceptors (Lipinski definition) is 3. The highest BCUT2D eigenvalue weighted by Crippen LogP contribution is 2.32. The molecule has 8 heteroatoms. The SMILES string of the molecule is O=C(c1cc(S(=O)(=O)Cl)cc(Cl)c1Cl)N1CCCCC1. The maximum absolute atomic E-state index is 12.4. The smallest absolute Gasteiger partial charge is 0.261 e. The Morgan fingerprint density at radius 2 is 1.70 bits per heavy atom. The normalized spacial score (nSPS) is 16.2. The second kappa shape index (κ2) is 6.10. The van der Waals surface area contributed by atoms with Gasteiger partial charge in [0, 0.05) is 23.8 Å². The van der Waals surface area contributed by atoms with Crippen molar-refractivity contribution in [3.8, 4) is 0 Å². The van der Waals surface area contributed by atoms with E-state index in [-0.39, 0.29) is 26.4 Å². The third-order valence-electron chi connectivity index (χ3n) is 3.16. The molecule has 0 atom stereocenters. The van der Waals surface area contributed by atoms with Crippen LogP contribution in [0, 0.1) is 0 Å². The van der Waals surface area contributed by atoms with E-state index in [9.17, 15) is 13.2 Å². The van der Waals surface area contributed by atoms with Crippen molar-refractivity contribution in [1.82, 2.24) is 4.90 Å². The first-order valence-electron chi connectivity index (χ1n) is 6.03. The number of rotatable bonds is 2. The van der Waals surface area contributed by atoms with Crippen LogP contribution in [0.15, 0.2) is 17.0 Å². The molecule has 0 bridgehead atoms. The van der Waals surface area contributed by atoms with E-state index in [0.717, 1.165) is 25.3 Å². The molecule has 0 aliphatic carbocycles. The van der Waals surface area contributed by atoms with Gasteiger partial charge in [-0.1, -0.05) is 23.2 Å². The predicted molar refractivity (Wildman–Crippen MR) is 79.3 cm³/mol. The van der Waals surface area contributed by atoms with E-state index >= 15 is 0 Å². The van der Waals surface area contributed by atoms with Gasteiger partial charge in [-0.15, -0.1) is 0 Å². The summed E-state index contributed by atoms with van der Waals surface area (Å²) in [6.45, 7) is 1.26. The van der Waals surface area contributed by atoms with Crippen LogP contribution in [-0.4, -0.2) is 32.3 Å². The number of carbonyl (C=O) groups is 1. The summed E-state index contributed by atoms with van der Waals surface area (Å²) in [7, 11) is 1.32. The van der Waals surface area contributed by atoms with Gasteiger partial charge in [0.1, 0.15) is 0 Å². The van der Waals surface area contributed by atoms with Crippen LogP contribution in [0.25, 0.3) is 0 Å². The summed E-state index contributed by atoms with van der Waals surface area (Å²) >= 11 is 11.9. The maximum Gasteiger partial charge on any atom is 0.261 e. The monoisotopic (exact) mass is 355 g/mol. The number of carbonyl (C=O) groups excluding carboxylic acids is 1. The molecule has 0 saturated carbocycles. The van der Waals surface area contributed by atoms with Crippen LogP contribution in [0.5, 0.6) is 0 Å². The number of nitrogens with zero attached hydrogens (tertiary/aromatic N) is 1. The molecule has 1 aromatic carbocycles. The van der Waals surface area contributed by atoms with Crippen LogP contribution < -0.4 is 0 Å². The minimum Gasteiger partial charge on any atom is -0.339 e. The van der Waals surface area contributed by atoms with E-state index in [1.54, 1.807) is 4.90 Å². The van der Waals surface area contributed by atoms with Crippen LogP contribution in [0.2, 0.25) is 10.0 Å². The number of piperidine rings is 1. The van der Waals surface area contributed by atoms with Gasteiger partial charge in [0.25, 0.3) is 15.0 Å². The number of amides is 1. The van der Waals surface area contributed by atoms with Crippen molar-refractivity contribution in [3.63, 3.8) is 0 Å². The lowest BCUT2D eigenvalue weighted by Crippen LogP contribution is -2.35. The van der Waals surface area contributed by atoms with Crippen LogP contribution in [-0.2, 0) is 9.05 Å². The van der Waals surface area contributed by atoms with Crippen molar-refractivity contribution in [3.05, 3.63) is 27.7 Å². The highest BCUT2D eigenvalue weighted by atomic mass is 35.7. The van der Waals surface area contributed by atoms with Gasteiger partial charge in [0.05, 0.1) is 20.5 Å². The first-order chi connectivity index (χ1) is 9.30. The molecule has 0 unspecified atom stereocenters. The molecule has 1 heterocycles. The largest absolute Gasteiger partial charge is 0.339 e. The molecular weight excluding hydrogens is 345 g/mol. The summed E-state index contributed by atoms with van der Waals surface area (Å²) in [6.07, 6.45) is 2.92. The topological polar surface area (TPSA) is 54.5 Å². The van der Waals surface area contributed by atoms with Gasteiger partial charge in [-0.2, -0.15) is 0 Å². The molecule has 0 spiro atoms. The third kappa shape index (κ3) is 3.39. The molecule has 2 rings (SSSR count). The Bertz CT molecular complexity index is 640. The molecule has 1 fully saturated rings. The quantitative estimate of drug-likeness (QED) is 0.762. The minimum absolute atomic E-state index is 0.00579. The van der Waals surface area contributed by atoms with Crippen molar-refractivity contribution in [1.29, 1.82) is 0 Å². The number of halogens is 3. The van der Waals surface area contributed by atoms with E-state index in [1.165, 1.54) is 6.07 Å². The molecule has 110 valence electrons. The molecule has 0 radical (unpaired) electrons. The summed E-state index contributed by atoms with van der Waals surface area (Å²) < 4.78 is 22.8. The Morgan fingerprint density at radius 3 is 2.25 bits per heavy atom. The Hall–Kier alpha value is -0.490. The molecule has 1 aliphatic rings. The summed E-state index contributed by atoms with van der Waals surface area (Å²) in [4.78, 5) is 13.8. The average molecular weight is 357 g/mol. The standard InChI is InChI=1S/C12H12Cl3NO3S/c13-10-7-8(20(15,18)19)6-9(11(10)14)12(17)16-4-2-1-3-5-16/h6-7H,1-5H2. The van der Waals surface area contributed by atoms with Crippen molar-refractivity contribution < 1.29 is 13.2 Å². The molecule has 4 nitrogen and oxygen atoms in total. The van der Waals surface area contributed by atoms with E-state index in [0.29, 0.717) is 13.1 Å². The first-order valence-corrected chi connectivity index (χ1v) is 9.10. The molecule has 20 heavy (non-hydrogen) atoms. The zero-order valence-electron chi connectivity index (χ0n) is 10.4. The van der Waals surface area contributed by atoms with Crippen molar-refractivity contribution in [2.45, 2.75) is 24.2 Å². The fourth-order valence-electron chi connectivity index (χ4n) is 2.13. The van der Waals surface area contributed by atoms with E-state index < -0.39 is 9.05 Å². The number of hydrogen-bond donors (Lipinski definition) is 0.